The van der Waals surface area contributed by atoms with Gasteiger partial charge in [0.2, 0.25) is 5.91 Å². The highest BCUT2D eigenvalue weighted by Gasteiger charge is 2.32. The molecule has 1 saturated heterocycles. The van der Waals surface area contributed by atoms with Crippen LogP contribution in [-0.2, 0) is 4.79 Å². The molecule has 0 bridgehead atoms. The lowest BCUT2D eigenvalue weighted by Gasteiger charge is -2.10. The summed E-state index contributed by atoms with van der Waals surface area (Å²) >= 11 is 5.88. The van der Waals surface area contributed by atoms with Crippen LogP contribution in [0.2, 0.25) is 5.02 Å². The number of rotatable bonds is 3. The molecule has 0 radical (unpaired) electrons. The van der Waals surface area contributed by atoms with Crippen LogP contribution in [0.3, 0.4) is 0 Å². The Kier molecular flexibility index (Phi) is 3.17. The summed E-state index contributed by atoms with van der Waals surface area (Å²) in [4.78, 5) is 20.5. The van der Waals surface area contributed by atoms with E-state index in [0.29, 0.717) is 36.1 Å². The van der Waals surface area contributed by atoms with Crippen molar-refractivity contribution >= 4 is 29.1 Å². The van der Waals surface area contributed by atoms with E-state index in [4.69, 9.17) is 17.1 Å². The first-order valence-electron chi connectivity index (χ1n) is 6.00. The summed E-state index contributed by atoms with van der Waals surface area (Å²) in [6, 6.07) is 3.45. The molecule has 1 fully saturated rings. The highest BCUT2D eigenvalue weighted by Crippen LogP contribution is 2.23. The zero-order valence-corrected chi connectivity index (χ0v) is 11.1. The van der Waals surface area contributed by atoms with E-state index in [1.807, 2.05) is 0 Å². The average Bonchev–Trinajstić information content (AvgIpc) is 2.99. The molecule has 1 aliphatic rings. The molecule has 1 atom stereocenters. The lowest BCUT2D eigenvalue weighted by molar-refractivity contribution is -0.117. The van der Waals surface area contributed by atoms with Crippen LogP contribution < -0.4 is 4.90 Å². The first-order chi connectivity index (χ1) is 9.67. The fourth-order valence-corrected chi connectivity index (χ4v) is 2.37. The molecule has 0 saturated carbocycles. The first-order valence-corrected chi connectivity index (χ1v) is 6.38. The van der Waals surface area contributed by atoms with Gasteiger partial charge in [-0.15, -0.1) is 5.10 Å². The van der Waals surface area contributed by atoms with Gasteiger partial charge < -0.3 is 0 Å². The zero-order valence-electron chi connectivity index (χ0n) is 10.3. The molecule has 2 aromatic rings. The summed E-state index contributed by atoms with van der Waals surface area (Å²) in [5, 5.41) is 8.30. The molecule has 102 valence electrons. The van der Waals surface area contributed by atoms with Crippen molar-refractivity contribution in [3.63, 3.8) is 0 Å². The predicted octanol–water partition coefficient (Wildman–Crippen LogP) is 2.05. The van der Waals surface area contributed by atoms with Gasteiger partial charge in [0.05, 0.1) is 5.02 Å². The number of pyridine rings is 1. The topological polar surface area (TPSA) is 99.3 Å². The van der Waals surface area contributed by atoms with E-state index in [9.17, 15) is 4.79 Å². The molecule has 0 N–H and O–H groups in total. The molecule has 0 aliphatic carbocycles. The number of azide groups is 1. The second kappa shape index (κ2) is 4.99. The van der Waals surface area contributed by atoms with Crippen LogP contribution in [0.5, 0.6) is 0 Å². The number of fused-ring (bicyclic) bond motifs is 1. The zero-order chi connectivity index (χ0) is 14.1. The van der Waals surface area contributed by atoms with Crippen molar-refractivity contribution in [2.75, 3.05) is 18.0 Å². The number of anilines is 1. The van der Waals surface area contributed by atoms with Crippen molar-refractivity contribution in [3.05, 3.63) is 33.8 Å². The molecular weight excluding hydrogens is 282 g/mol. The predicted molar refractivity (Wildman–Crippen MR) is 72.5 cm³/mol. The second-order valence-electron chi connectivity index (χ2n) is 4.55. The first kappa shape index (κ1) is 12.7. The Balaban J connectivity index is 1.87. The highest BCUT2D eigenvalue weighted by molar-refractivity contribution is 6.30. The van der Waals surface area contributed by atoms with Gasteiger partial charge in [-0.25, -0.2) is 4.52 Å². The molecule has 8 nitrogen and oxygen atoms in total. The fourth-order valence-electron chi connectivity index (χ4n) is 2.21. The van der Waals surface area contributed by atoms with Gasteiger partial charge >= 0.3 is 0 Å². The Morgan fingerprint density at radius 1 is 1.55 bits per heavy atom. The third-order valence-corrected chi connectivity index (χ3v) is 3.36. The molecule has 20 heavy (non-hydrogen) atoms. The lowest BCUT2D eigenvalue weighted by Crippen LogP contribution is -2.26. The van der Waals surface area contributed by atoms with Crippen LogP contribution in [0.15, 0.2) is 23.4 Å². The van der Waals surface area contributed by atoms with E-state index in [1.54, 1.807) is 18.3 Å². The third-order valence-electron chi connectivity index (χ3n) is 3.13. The van der Waals surface area contributed by atoms with Crippen LogP contribution in [-0.4, -0.2) is 33.6 Å². The van der Waals surface area contributed by atoms with Crippen molar-refractivity contribution < 1.29 is 4.79 Å². The Morgan fingerprint density at radius 3 is 3.20 bits per heavy atom. The number of carbonyl (C=O) groups is 1. The smallest absolute Gasteiger partial charge is 0.252 e. The van der Waals surface area contributed by atoms with Crippen LogP contribution in [0, 0.1) is 5.92 Å². The van der Waals surface area contributed by atoms with E-state index >= 15 is 0 Å². The summed E-state index contributed by atoms with van der Waals surface area (Å²) < 4.78 is 1.53. The molecule has 1 amide bonds. The maximum absolute atomic E-state index is 12.0. The average molecular weight is 292 g/mol. The summed E-state index contributed by atoms with van der Waals surface area (Å²) in [6.45, 7) is 0.764. The van der Waals surface area contributed by atoms with E-state index in [0.717, 1.165) is 0 Å². The molecule has 0 aromatic carbocycles. The molecule has 1 aliphatic heterocycles. The minimum Gasteiger partial charge on any atom is -0.279 e. The fraction of sp³-hybridized carbons (Fsp3) is 0.364. The van der Waals surface area contributed by atoms with Crippen molar-refractivity contribution in [1.29, 1.82) is 0 Å². The van der Waals surface area contributed by atoms with E-state index < -0.39 is 0 Å². The quantitative estimate of drug-likeness (QED) is 0.491. The minimum absolute atomic E-state index is 0.00796. The molecule has 3 heterocycles. The standard InChI is InChI=1S/C11H10ClN7O/c12-8-1-2-9-15-11(16-19(9)6-8)18-5-7(3-10(18)20)4-14-17-13/h1-2,6-7H,3-5H2. The molecule has 3 rings (SSSR count). The van der Waals surface area contributed by atoms with Gasteiger partial charge in [-0.1, -0.05) is 16.7 Å². The maximum Gasteiger partial charge on any atom is 0.252 e. The highest BCUT2D eigenvalue weighted by atomic mass is 35.5. The Bertz CT molecular complexity index is 721. The normalized spacial score (nSPS) is 18.6. The van der Waals surface area contributed by atoms with Crippen LogP contribution in [0.4, 0.5) is 5.95 Å². The molecular formula is C11H10ClN7O. The molecule has 9 heteroatoms. The van der Waals surface area contributed by atoms with E-state index in [1.165, 1.54) is 9.42 Å². The maximum atomic E-state index is 12.0. The van der Waals surface area contributed by atoms with Crippen molar-refractivity contribution in [3.8, 4) is 0 Å². The minimum atomic E-state index is -0.0647. The van der Waals surface area contributed by atoms with Gasteiger partial charge in [0.25, 0.3) is 5.95 Å². The number of hydrogen-bond donors (Lipinski definition) is 0. The van der Waals surface area contributed by atoms with E-state index in [2.05, 4.69) is 20.1 Å². The number of halogens is 1. The van der Waals surface area contributed by atoms with Crippen LogP contribution >= 0.6 is 11.6 Å². The van der Waals surface area contributed by atoms with Crippen LogP contribution in [0.25, 0.3) is 16.1 Å². The number of aromatic nitrogens is 3. The van der Waals surface area contributed by atoms with Gasteiger partial charge in [0.1, 0.15) is 0 Å². The third kappa shape index (κ3) is 2.26. The van der Waals surface area contributed by atoms with Crippen molar-refractivity contribution in [2.24, 2.45) is 11.0 Å². The Labute approximate surface area is 118 Å². The molecule has 0 spiro atoms. The lowest BCUT2D eigenvalue weighted by atomic mass is 10.1. The largest absolute Gasteiger partial charge is 0.279 e. The molecule has 1 unspecified atom stereocenters. The van der Waals surface area contributed by atoms with Crippen molar-refractivity contribution in [2.45, 2.75) is 6.42 Å². The summed E-state index contributed by atoms with van der Waals surface area (Å²) in [5.41, 5.74) is 8.94. The summed E-state index contributed by atoms with van der Waals surface area (Å²) in [7, 11) is 0. The van der Waals surface area contributed by atoms with E-state index in [-0.39, 0.29) is 11.8 Å². The summed E-state index contributed by atoms with van der Waals surface area (Å²) in [5.74, 6) is 0.291. The van der Waals surface area contributed by atoms with Crippen LogP contribution in [0.1, 0.15) is 6.42 Å². The Hall–Kier alpha value is -2.31. The Morgan fingerprint density at radius 2 is 2.40 bits per heavy atom. The number of hydrogen-bond acceptors (Lipinski definition) is 4. The number of amides is 1. The SMILES string of the molecule is [N-]=[N+]=NCC1CC(=O)N(c2nc3ccc(Cl)cn3n2)C1. The number of nitrogens with zero attached hydrogens (tertiary/aromatic N) is 7. The second-order valence-corrected chi connectivity index (χ2v) is 4.99. The number of carbonyl (C=O) groups excluding carboxylic acids is 1. The van der Waals surface area contributed by atoms with Gasteiger partial charge in [-0.3, -0.25) is 9.69 Å². The molecule has 2 aromatic heterocycles. The van der Waals surface area contributed by atoms with Crippen molar-refractivity contribution in [1.82, 2.24) is 14.6 Å². The summed E-state index contributed by atoms with van der Waals surface area (Å²) in [6.07, 6.45) is 1.97. The van der Waals surface area contributed by atoms with Gasteiger partial charge in [-0.2, -0.15) is 4.98 Å². The monoisotopic (exact) mass is 291 g/mol. The van der Waals surface area contributed by atoms with Gasteiger partial charge in [0, 0.05) is 30.6 Å². The van der Waals surface area contributed by atoms with Gasteiger partial charge in [-0.05, 0) is 23.6 Å². The van der Waals surface area contributed by atoms with Gasteiger partial charge in [0.15, 0.2) is 5.65 Å².